The van der Waals surface area contributed by atoms with Crippen molar-refractivity contribution in [2.75, 3.05) is 14.2 Å². The zero-order valence-electron chi connectivity index (χ0n) is 10.4. The normalized spacial score (nSPS) is 18.7. The quantitative estimate of drug-likeness (QED) is 0.805. The summed E-state index contributed by atoms with van der Waals surface area (Å²) in [6.45, 7) is 0. The number of amides is 2. The highest BCUT2D eigenvalue weighted by Gasteiger charge is 2.30. The predicted molar refractivity (Wildman–Crippen MR) is 64.5 cm³/mol. The summed E-state index contributed by atoms with van der Waals surface area (Å²) in [6, 6.07) is 5.50. The van der Waals surface area contributed by atoms with E-state index in [4.69, 9.17) is 9.47 Å². The number of hydrogen-bond donors (Lipinski definition) is 1. The minimum atomic E-state index is -0.282. The molecule has 1 unspecified atom stereocenters. The molecule has 1 fully saturated rings. The Morgan fingerprint density at radius 2 is 1.94 bits per heavy atom. The van der Waals surface area contributed by atoms with Gasteiger partial charge in [-0.25, -0.2) is 0 Å². The third kappa shape index (κ3) is 2.45. The Bertz CT molecular complexity index is 484. The van der Waals surface area contributed by atoms with Gasteiger partial charge in [-0.3, -0.25) is 14.9 Å². The summed E-state index contributed by atoms with van der Waals surface area (Å²) < 4.78 is 10.3. The van der Waals surface area contributed by atoms with Gasteiger partial charge in [-0.15, -0.1) is 0 Å². The third-order valence-electron chi connectivity index (χ3n) is 3.00. The van der Waals surface area contributed by atoms with E-state index in [1.807, 2.05) is 12.1 Å². The molecule has 1 N–H and O–H groups in total. The van der Waals surface area contributed by atoms with Crippen molar-refractivity contribution < 1.29 is 19.1 Å². The fourth-order valence-electron chi connectivity index (χ4n) is 2.06. The maximum absolute atomic E-state index is 11.5. The molecule has 5 nitrogen and oxygen atoms in total. The summed E-state index contributed by atoms with van der Waals surface area (Å²) in [5, 5.41) is 2.30. The first-order valence-electron chi connectivity index (χ1n) is 5.68. The molecule has 1 aromatic carbocycles. The van der Waals surface area contributed by atoms with E-state index in [2.05, 4.69) is 5.32 Å². The van der Waals surface area contributed by atoms with E-state index in [-0.39, 0.29) is 24.2 Å². The highest BCUT2D eigenvalue weighted by molar-refractivity contribution is 6.03. The molecule has 0 spiro atoms. The maximum atomic E-state index is 11.5. The average Bonchev–Trinajstić information content (AvgIpc) is 2.67. The van der Waals surface area contributed by atoms with Crippen LogP contribution in [0.15, 0.2) is 18.2 Å². The molecule has 5 heteroatoms. The van der Waals surface area contributed by atoms with Crippen LogP contribution in [0.2, 0.25) is 0 Å². The molecule has 18 heavy (non-hydrogen) atoms. The van der Waals surface area contributed by atoms with E-state index in [9.17, 15) is 9.59 Å². The molecule has 2 rings (SSSR count). The van der Waals surface area contributed by atoms with E-state index in [0.717, 1.165) is 5.56 Å². The summed E-state index contributed by atoms with van der Waals surface area (Å²) in [5.74, 6) is 0.587. The lowest BCUT2D eigenvalue weighted by molar-refractivity contribution is -0.125. The van der Waals surface area contributed by atoms with Crippen molar-refractivity contribution in [2.45, 2.75) is 12.8 Å². The molecule has 1 aliphatic heterocycles. The minimum Gasteiger partial charge on any atom is -0.493 e. The summed E-state index contributed by atoms with van der Waals surface area (Å²) in [6.07, 6.45) is 0.783. The van der Waals surface area contributed by atoms with Gasteiger partial charge in [0.15, 0.2) is 11.5 Å². The number of carbonyl (C=O) groups is 2. The number of methoxy groups -OCH3 is 2. The van der Waals surface area contributed by atoms with Crippen molar-refractivity contribution in [2.24, 2.45) is 5.92 Å². The van der Waals surface area contributed by atoms with Crippen LogP contribution in [0.5, 0.6) is 11.5 Å². The number of hydrogen-bond acceptors (Lipinski definition) is 4. The van der Waals surface area contributed by atoms with Gasteiger partial charge in [0.2, 0.25) is 11.8 Å². The van der Waals surface area contributed by atoms with Crippen molar-refractivity contribution >= 4 is 11.8 Å². The van der Waals surface area contributed by atoms with Crippen LogP contribution in [-0.4, -0.2) is 26.0 Å². The summed E-state index contributed by atoms with van der Waals surface area (Å²) in [4.78, 5) is 22.6. The van der Waals surface area contributed by atoms with Crippen LogP contribution >= 0.6 is 0 Å². The molecule has 96 valence electrons. The van der Waals surface area contributed by atoms with Gasteiger partial charge in [0.25, 0.3) is 0 Å². The van der Waals surface area contributed by atoms with Gasteiger partial charge in [0, 0.05) is 6.42 Å². The molecule has 1 aromatic rings. The Morgan fingerprint density at radius 3 is 2.50 bits per heavy atom. The average molecular weight is 249 g/mol. The van der Waals surface area contributed by atoms with Crippen molar-refractivity contribution in [1.29, 1.82) is 0 Å². The van der Waals surface area contributed by atoms with Crippen LogP contribution in [0.25, 0.3) is 0 Å². The van der Waals surface area contributed by atoms with E-state index in [1.54, 1.807) is 20.3 Å². The first-order valence-corrected chi connectivity index (χ1v) is 5.68. The number of ether oxygens (including phenoxy) is 2. The van der Waals surface area contributed by atoms with Gasteiger partial charge in [-0.2, -0.15) is 0 Å². The topological polar surface area (TPSA) is 64.6 Å². The Balaban J connectivity index is 2.14. The number of carbonyl (C=O) groups excluding carboxylic acids is 2. The summed E-state index contributed by atoms with van der Waals surface area (Å²) >= 11 is 0. The van der Waals surface area contributed by atoms with Crippen molar-refractivity contribution in [3.63, 3.8) is 0 Å². The molecular weight excluding hydrogens is 234 g/mol. The first-order chi connectivity index (χ1) is 8.63. The van der Waals surface area contributed by atoms with Gasteiger partial charge in [0.05, 0.1) is 20.1 Å². The van der Waals surface area contributed by atoms with Crippen molar-refractivity contribution in [1.82, 2.24) is 5.32 Å². The van der Waals surface area contributed by atoms with Crippen LogP contribution in [0.1, 0.15) is 12.0 Å². The van der Waals surface area contributed by atoms with Crippen LogP contribution in [0.3, 0.4) is 0 Å². The number of benzene rings is 1. The first kappa shape index (κ1) is 12.4. The van der Waals surface area contributed by atoms with Gasteiger partial charge in [0.1, 0.15) is 0 Å². The van der Waals surface area contributed by atoms with Crippen LogP contribution in [0.4, 0.5) is 0 Å². The molecule has 0 bridgehead atoms. The summed E-state index contributed by atoms with van der Waals surface area (Å²) in [7, 11) is 3.13. The molecule has 0 radical (unpaired) electrons. The Labute approximate surface area is 105 Å². The molecule has 1 heterocycles. The van der Waals surface area contributed by atoms with Gasteiger partial charge in [-0.1, -0.05) is 6.07 Å². The molecule has 0 saturated carbocycles. The molecular formula is C13H15NO4. The summed E-state index contributed by atoms with van der Waals surface area (Å²) in [5.41, 5.74) is 0.947. The molecule has 0 aromatic heterocycles. The zero-order chi connectivity index (χ0) is 13.1. The van der Waals surface area contributed by atoms with E-state index in [0.29, 0.717) is 17.9 Å². The molecule has 1 aliphatic rings. The minimum absolute atomic E-state index is 0.199. The molecule has 1 saturated heterocycles. The standard InChI is InChI=1S/C13H15NO4/c1-17-10-4-3-8(6-11(10)18-2)5-9-7-12(15)14-13(9)16/h3-4,6,9H,5,7H2,1-2H3,(H,14,15,16). The lowest BCUT2D eigenvalue weighted by Crippen LogP contribution is -2.22. The van der Waals surface area contributed by atoms with E-state index in [1.165, 1.54) is 0 Å². The number of nitrogens with one attached hydrogen (secondary N) is 1. The monoisotopic (exact) mass is 249 g/mol. The van der Waals surface area contributed by atoms with Crippen molar-refractivity contribution in [3.05, 3.63) is 23.8 Å². The third-order valence-corrected chi connectivity index (χ3v) is 3.00. The van der Waals surface area contributed by atoms with Crippen LogP contribution in [0, 0.1) is 5.92 Å². The fourth-order valence-corrected chi connectivity index (χ4v) is 2.06. The van der Waals surface area contributed by atoms with Crippen molar-refractivity contribution in [3.8, 4) is 11.5 Å². The second-order valence-corrected chi connectivity index (χ2v) is 4.21. The Kier molecular flexibility index (Phi) is 3.50. The Hall–Kier alpha value is -2.04. The van der Waals surface area contributed by atoms with Gasteiger partial charge >= 0.3 is 0 Å². The SMILES string of the molecule is COc1ccc(CC2CC(=O)NC2=O)cc1OC. The van der Waals surface area contributed by atoms with Crippen LogP contribution < -0.4 is 14.8 Å². The molecule has 1 atom stereocenters. The molecule has 2 amide bonds. The largest absolute Gasteiger partial charge is 0.493 e. The van der Waals surface area contributed by atoms with Crippen LogP contribution in [-0.2, 0) is 16.0 Å². The maximum Gasteiger partial charge on any atom is 0.230 e. The lowest BCUT2D eigenvalue weighted by atomic mass is 9.97. The highest BCUT2D eigenvalue weighted by Crippen LogP contribution is 2.29. The predicted octanol–water partition coefficient (Wildman–Crippen LogP) is 0.909. The van der Waals surface area contributed by atoms with Gasteiger partial charge < -0.3 is 9.47 Å². The zero-order valence-corrected chi connectivity index (χ0v) is 10.4. The van der Waals surface area contributed by atoms with Gasteiger partial charge in [-0.05, 0) is 24.1 Å². The number of imide groups is 1. The molecule has 0 aliphatic carbocycles. The fraction of sp³-hybridized carbons (Fsp3) is 0.385. The smallest absolute Gasteiger partial charge is 0.230 e. The number of rotatable bonds is 4. The second-order valence-electron chi connectivity index (χ2n) is 4.21. The van der Waals surface area contributed by atoms with E-state index >= 15 is 0 Å². The second kappa shape index (κ2) is 5.08. The lowest BCUT2D eigenvalue weighted by Gasteiger charge is -2.11. The van der Waals surface area contributed by atoms with E-state index < -0.39 is 0 Å². The Morgan fingerprint density at radius 1 is 1.22 bits per heavy atom. The highest BCUT2D eigenvalue weighted by atomic mass is 16.5.